The summed E-state index contributed by atoms with van der Waals surface area (Å²) in [5, 5.41) is 2.75. The quantitative estimate of drug-likeness (QED) is 0.829. The summed E-state index contributed by atoms with van der Waals surface area (Å²) in [4.78, 5) is 12.0. The Morgan fingerprint density at radius 3 is 2.60 bits per heavy atom. The van der Waals surface area contributed by atoms with Gasteiger partial charge in [0.2, 0.25) is 10.0 Å². The van der Waals surface area contributed by atoms with E-state index in [1.807, 2.05) is 19.1 Å². The second-order valence-corrected chi connectivity index (χ2v) is 7.69. The van der Waals surface area contributed by atoms with E-state index in [-0.39, 0.29) is 11.6 Å². The molecule has 25 heavy (non-hydrogen) atoms. The van der Waals surface area contributed by atoms with Crippen LogP contribution in [0.4, 0.5) is 10.1 Å². The Kier molecular flexibility index (Phi) is 4.87. The van der Waals surface area contributed by atoms with E-state index < -0.39 is 26.6 Å². The van der Waals surface area contributed by atoms with Gasteiger partial charge < -0.3 is 5.32 Å². The Morgan fingerprint density at radius 2 is 1.92 bits per heavy atom. The Morgan fingerprint density at radius 1 is 1.20 bits per heavy atom. The molecule has 0 atom stereocenters. The van der Waals surface area contributed by atoms with Gasteiger partial charge in [0.15, 0.2) is 0 Å². The molecule has 0 heterocycles. The first-order valence-electron chi connectivity index (χ1n) is 8.12. The fourth-order valence-corrected chi connectivity index (χ4v) is 3.89. The molecule has 1 amide bonds. The number of aryl methyl sites for hydroxylation is 1. The smallest absolute Gasteiger partial charge is 0.255 e. The number of carbonyl (C=O) groups is 1. The molecular weight excluding hydrogens is 343 g/mol. The van der Waals surface area contributed by atoms with E-state index in [4.69, 9.17) is 0 Å². The Bertz CT molecular complexity index is 908. The van der Waals surface area contributed by atoms with E-state index >= 15 is 0 Å². The predicted molar refractivity (Wildman–Crippen MR) is 93.5 cm³/mol. The van der Waals surface area contributed by atoms with Gasteiger partial charge in [-0.15, -0.1) is 0 Å². The Labute approximate surface area is 146 Å². The Hall–Kier alpha value is -2.25. The number of rotatable bonds is 6. The number of anilines is 1. The average molecular weight is 362 g/mol. The number of carbonyl (C=O) groups excluding carboxylic acids is 1. The zero-order valence-electron chi connectivity index (χ0n) is 13.8. The zero-order chi connectivity index (χ0) is 18.0. The van der Waals surface area contributed by atoms with Crippen molar-refractivity contribution in [2.45, 2.75) is 37.1 Å². The van der Waals surface area contributed by atoms with Gasteiger partial charge in [-0.1, -0.05) is 25.1 Å². The van der Waals surface area contributed by atoms with Crippen LogP contribution in [0, 0.1) is 5.82 Å². The minimum Gasteiger partial charge on any atom is -0.322 e. The molecule has 0 saturated heterocycles. The van der Waals surface area contributed by atoms with Crippen LogP contribution in [0.25, 0.3) is 0 Å². The molecule has 0 aromatic heterocycles. The van der Waals surface area contributed by atoms with Gasteiger partial charge >= 0.3 is 0 Å². The van der Waals surface area contributed by atoms with Gasteiger partial charge in [0.25, 0.3) is 5.91 Å². The van der Waals surface area contributed by atoms with Gasteiger partial charge in [0.05, 0.1) is 0 Å². The number of sulfonamides is 1. The molecule has 0 radical (unpaired) electrons. The van der Waals surface area contributed by atoms with Gasteiger partial charge in [-0.05, 0) is 49.1 Å². The third-order valence-electron chi connectivity index (χ3n) is 4.03. The second kappa shape index (κ2) is 6.93. The highest BCUT2D eigenvalue weighted by Crippen LogP contribution is 2.24. The number of para-hydroxylation sites is 1. The topological polar surface area (TPSA) is 75.3 Å². The highest BCUT2D eigenvalue weighted by Gasteiger charge is 2.30. The highest BCUT2D eigenvalue weighted by molar-refractivity contribution is 7.89. The van der Waals surface area contributed by atoms with Crippen molar-refractivity contribution in [2.24, 2.45) is 0 Å². The number of amides is 1. The summed E-state index contributed by atoms with van der Waals surface area (Å²) in [5.41, 5.74) is 1.70. The van der Waals surface area contributed by atoms with Crippen LogP contribution in [0.3, 0.4) is 0 Å². The lowest BCUT2D eigenvalue weighted by Crippen LogP contribution is -2.27. The van der Waals surface area contributed by atoms with E-state index in [0.717, 1.165) is 37.0 Å². The van der Waals surface area contributed by atoms with Crippen LogP contribution in [0.1, 0.15) is 35.7 Å². The Balaban J connectivity index is 1.87. The number of benzene rings is 2. The molecule has 0 spiro atoms. The lowest BCUT2D eigenvalue weighted by Gasteiger charge is -2.11. The minimum absolute atomic E-state index is 0.0866. The van der Waals surface area contributed by atoms with Crippen molar-refractivity contribution in [1.29, 1.82) is 0 Å². The molecule has 3 rings (SSSR count). The monoisotopic (exact) mass is 362 g/mol. The molecule has 2 N–H and O–H groups in total. The van der Waals surface area contributed by atoms with Crippen molar-refractivity contribution in [3.63, 3.8) is 0 Å². The maximum absolute atomic E-state index is 14.0. The van der Waals surface area contributed by atoms with Crippen LogP contribution in [0.2, 0.25) is 0 Å². The average Bonchev–Trinajstić information content (AvgIpc) is 3.38. The largest absolute Gasteiger partial charge is 0.322 e. The first-order valence-corrected chi connectivity index (χ1v) is 9.60. The summed E-state index contributed by atoms with van der Waals surface area (Å²) in [6.07, 6.45) is 2.23. The van der Waals surface area contributed by atoms with Crippen molar-refractivity contribution in [3.05, 3.63) is 59.4 Å². The van der Waals surface area contributed by atoms with Crippen LogP contribution in [-0.4, -0.2) is 20.4 Å². The maximum atomic E-state index is 14.0. The summed E-state index contributed by atoms with van der Waals surface area (Å²) < 4.78 is 40.9. The summed E-state index contributed by atoms with van der Waals surface area (Å²) in [7, 11) is -3.97. The third kappa shape index (κ3) is 4.05. The summed E-state index contributed by atoms with van der Waals surface area (Å²) >= 11 is 0. The SMILES string of the molecule is CCc1ccccc1NC(=O)c1ccc(F)c(S(=O)(=O)NC2CC2)c1. The molecule has 2 aromatic carbocycles. The van der Waals surface area contributed by atoms with E-state index in [2.05, 4.69) is 10.0 Å². The summed E-state index contributed by atoms with van der Waals surface area (Å²) in [5.74, 6) is -1.36. The molecule has 1 aliphatic rings. The van der Waals surface area contributed by atoms with Crippen molar-refractivity contribution in [3.8, 4) is 0 Å². The normalized spacial score (nSPS) is 14.3. The first kappa shape index (κ1) is 17.6. The molecule has 1 aliphatic carbocycles. The lowest BCUT2D eigenvalue weighted by atomic mass is 10.1. The molecule has 7 heteroatoms. The standard InChI is InChI=1S/C18H19FN2O3S/c1-2-12-5-3-4-6-16(12)20-18(22)13-7-10-15(19)17(11-13)25(23,24)21-14-8-9-14/h3-7,10-11,14,21H,2,8-9H2,1H3,(H,20,22). The van der Waals surface area contributed by atoms with E-state index in [1.165, 1.54) is 6.07 Å². The zero-order valence-corrected chi connectivity index (χ0v) is 14.6. The van der Waals surface area contributed by atoms with Gasteiger partial charge in [-0.3, -0.25) is 4.79 Å². The summed E-state index contributed by atoms with van der Waals surface area (Å²) in [6.45, 7) is 1.97. The molecule has 2 aromatic rings. The third-order valence-corrected chi connectivity index (χ3v) is 5.56. The second-order valence-electron chi connectivity index (χ2n) is 6.01. The van der Waals surface area contributed by atoms with Gasteiger partial charge in [-0.25, -0.2) is 17.5 Å². The molecule has 5 nitrogen and oxygen atoms in total. The molecular formula is C18H19FN2O3S. The molecule has 0 unspecified atom stereocenters. The van der Waals surface area contributed by atoms with Crippen LogP contribution in [-0.2, 0) is 16.4 Å². The summed E-state index contributed by atoms with van der Waals surface area (Å²) in [6, 6.07) is 10.6. The fourth-order valence-electron chi connectivity index (χ4n) is 2.48. The fraction of sp³-hybridized carbons (Fsp3) is 0.278. The van der Waals surface area contributed by atoms with Gasteiger partial charge in [-0.2, -0.15) is 0 Å². The van der Waals surface area contributed by atoms with Crippen LogP contribution in [0.5, 0.6) is 0 Å². The van der Waals surface area contributed by atoms with E-state index in [9.17, 15) is 17.6 Å². The molecule has 1 fully saturated rings. The molecule has 1 saturated carbocycles. The number of nitrogens with one attached hydrogen (secondary N) is 2. The molecule has 0 aliphatic heterocycles. The minimum atomic E-state index is -3.97. The van der Waals surface area contributed by atoms with Crippen LogP contribution in [0.15, 0.2) is 47.4 Å². The molecule has 0 bridgehead atoms. The van der Waals surface area contributed by atoms with Crippen molar-refractivity contribution < 1.29 is 17.6 Å². The number of hydrogen-bond acceptors (Lipinski definition) is 3. The van der Waals surface area contributed by atoms with Crippen molar-refractivity contribution >= 4 is 21.6 Å². The van der Waals surface area contributed by atoms with E-state index in [1.54, 1.807) is 12.1 Å². The molecule has 132 valence electrons. The van der Waals surface area contributed by atoms with Crippen molar-refractivity contribution in [1.82, 2.24) is 4.72 Å². The van der Waals surface area contributed by atoms with Crippen LogP contribution < -0.4 is 10.0 Å². The van der Waals surface area contributed by atoms with E-state index in [0.29, 0.717) is 5.69 Å². The first-order chi connectivity index (χ1) is 11.9. The number of halogens is 1. The number of hydrogen-bond donors (Lipinski definition) is 2. The highest BCUT2D eigenvalue weighted by atomic mass is 32.2. The van der Waals surface area contributed by atoms with Crippen molar-refractivity contribution in [2.75, 3.05) is 5.32 Å². The maximum Gasteiger partial charge on any atom is 0.255 e. The predicted octanol–water partition coefficient (Wildman–Crippen LogP) is 3.08. The van der Waals surface area contributed by atoms with Gasteiger partial charge in [0.1, 0.15) is 10.7 Å². The lowest BCUT2D eigenvalue weighted by molar-refractivity contribution is 0.102. The van der Waals surface area contributed by atoms with Gasteiger partial charge in [0, 0.05) is 17.3 Å². The van der Waals surface area contributed by atoms with Crippen LogP contribution >= 0.6 is 0 Å².